The summed E-state index contributed by atoms with van der Waals surface area (Å²) in [5.74, 6) is 1.32. The lowest BCUT2D eigenvalue weighted by molar-refractivity contribution is 0.0910. The van der Waals surface area contributed by atoms with Crippen LogP contribution in [0.2, 0.25) is 0 Å². The van der Waals surface area contributed by atoms with Crippen LogP contribution in [0.5, 0.6) is 0 Å². The molecule has 0 unspecified atom stereocenters. The van der Waals surface area contributed by atoms with Gasteiger partial charge in [0.1, 0.15) is 0 Å². The summed E-state index contributed by atoms with van der Waals surface area (Å²) >= 11 is 3.49. The fraction of sp³-hybridized carbons (Fsp3) is 0.615. The number of nitrogens with two attached hydrogens (primary N) is 1. The molecule has 2 N–H and O–H groups in total. The maximum Gasteiger partial charge on any atom is 0.165 e. The van der Waals surface area contributed by atoms with Gasteiger partial charge in [-0.1, -0.05) is 20.8 Å². The number of carbonyl (C=O) groups excluding carboxylic acids is 1. The molecule has 0 bridgehead atoms. The zero-order valence-electron chi connectivity index (χ0n) is 10.6. The summed E-state index contributed by atoms with van der Waals surface area (Å²) in [5.41, 5.74) is 8.11. The van der Waals surface area contributed by atoms with E-state index in [1.807, 2.05) is 0 Å². The van der Waals surface area contributed by atoms with Crippen LogP contribution in [0.15, 0.2) is 4.21 Å². The predicted molar refractivity (Wildman–Crippen MR) is 75.0 cm³/mol. The molecule has 1 aromatic heterocycles. The highest BCUT2D eigenvalue weighted by molar-refractivity contribution is 8.01. The summed E-state index contributed by atoms with van der Waals surface area (Å²) in [4.78, 5) is 13.5. The Hall–Kier alpha value is -0.320. The number of hydrogen-bond acceptors (Lipinski definition) is 4. The third-order valence-corrected chi connectivity index (χ3v) is 5.50. The van der Waals surface area contributed by atoms with Crippen molar-refractivity contribution >= 4 is 28.9 Å². The molecule has 1 aromatic rings. The fourth-order valence-corrected chi connectivity index (χ4v) is 4.90. The van der Waals surface area contributed by atoms with Gasteiger partial charge in [0.25, 0.3) is 0 Å². The lowest BCUT2D eigenvalue weighted by Crippen LogP contribution is -2.27. The first-order valence-electron chi connectivity index (χ1n) is 5.99. The highest BCUT2D eigenvalue weighted by Crippen LogP contribution is 2.44. The molecule has 0 atom stereocenters. The monoisotopic (exact) mass is 269 g/mol. The van der Waals surface area contributed by atoms with Crippen LogP contribution in [-0.4, -0.2) is 11.5 Å². The maximum absolute atomic E-state index is 12.3. The van der Waals surface area contributed by atoms with Crippen LogP contribution in [0.3, 0.4) is 0 Å². The van der Waals surface area contributed by atoms with Gasteiger partial charge in [0.15, 0.2) is 5.78 Å². The number of Topliss-reactive ketones (excluding diaryl/α,β-unsaturated/α-hetero) is 1. The summed E-state index contributed by atoms with van der Waals surface area (Å²) in [5, 5.41) is 0. The van der Waals surface area contributed by atoms with E-state index in [1.165, 1.54) is 14.6 Å². The number of hydrogen-bond donors (Lipinski definition) is 1. The van der Waals surface area contributed by atoms with Crippen molar-refractivity contribution in [1.82, 2.24) is 0 Å². The van der Waals surface area contributed by atoms with Gasteiger partial charge in [0.2, 0.25) is 0 Å². The molecule has 4 heteroatoms. The molecule has 0 radical (unpaired) electrons. The summed E-state index contributed by atoms with van der Waals surface area (Å²) in [6.07, 6.45) is 1.65. The molecule has 0 aliphatic heterocycles. The molecule has 0 saturated carbocycles. The zero-order valence-corrected chi connectivity index (χ0v) is 12.3. The van der Waals surface area contributed by atoms with Gasteiger partial charge in [-0.25, -0.2) is 0 Å². The van der Waals surface area contributed by atoms with Crippen LogP contribution in [0.25, 0.3) is 0 Å². The van der Waals surface area contributed by atoms with Crippen LogP contribution < -0.4 is 5.73 Å². The van der Waals surface area contributed by atoms with Crippen molar-refractivity contribution in [2.45, 2.75) is 44.4 Å². The fourth-order valence-electron chi connectivity index (χ4n) is 2.42. The van der Waals surface area contributed by atoms with Gasteiger partial charge in [-0.15, -0.1) is 23.1 Å². The van der Waals surface area contributed by atoms with Crippen LogP contribution in [0.1, 0.15) is 48.0 Å². The molecule has 2 nitrogen and oxygen atoms in total. The first kappa shape index (κ1) is 13.1. The first-order chi connectivity index (χ1) is 7.98. The SMILES string of the molecule is CCSc1sc(CN)c2c1C(=O)CC(C)(C)C2. The van der Waals surface area contributed by atoms with Crippen molar-refractivity contribution < 1.29 is 4.79 Å². The molecule has 0 spiro atoms. The Morgan fingerprint density at radius 3 is 2.71 bits per heavy atom. The van der Waals surface area contributed by atoms with Crippen LogP contribution in [0.4, 0.5) is 0 Å². The summed E-state index contributed by atoms with van der Waals surface area (Å²) in [7, 11) is 0. The predicted octanol–water partition coefficient (Wildman–Crippen LogP) is 3.47. The summed E-state index contributed by atoms with van der Waals surface area (Å²) < 4.78 is 1.18. The summed E-state index contributed by atoms with van der Waals surface area (Å²) in [6.45, 7) is 7.01. The van der Waals surface area contributed by atoms with Crippen molar-refractivity contribution in [3.8, 4) is 0 Å². The average Bonchev–Trinajstić information content (AvgIpc) is 2.55. The molecule has 94 valence electrons. The van der Waals surface area contributed by atoms with E-state index in [0.717, 1.165) is 17.7 Å². The van der Waals surface area contributed by atoms with E-state index in [1.54, 1.807) is 23.1 Å². The highest BCUT2D eigenvalue weighted by atomic mass is 32.2. The Bertz CT molecular complexity index is 449. The van der Waals surface area contributed by atoms with Crippen molar-refractivity contribution in [3.63, 3.8) is 0 Å². The molecule has 0 saturated heterocycles. The van der Waals surface area contributed by atoms with E-state index in [4.69, 9.17) is 5.73 Å². The van der Waals surface area contributed by atoms with Gasteiger partial charge in [0.05, 0.1) is 4.21 Å². The van der Waals surface area contributed by atoms with Crippen molar-refractivity contribution in [3.05, 3.63) is 16.0 Å². The number of rotatable bonds is 3. The smallest absolute Gasteiger partial charge is 0.165 e. The van der Waals surface area contributed by atoms with Gasteiger partial charge in [-0.2, -0.15) is 0 Å². The Kier molecular flexibility index (Phi) is 3.66. The van der Waals surface area contributed by atoms with E-state index < -0.39 is 0 Å². The van der Waals surface area contributed by atoms with E-state index in [2.05, 4.69) is 20.8 Å². The Morgan fingerprint density at radius 2 is 2.12 bits per heavy atom. The Morgan fingerprint density at radius 1 is 1.41 bits per heavy atom. The largest absolute Gasteiger partial charge is 0.326 e. The Balaban J connectivity index is 2.51. The third kappa shape index (κ3) is 2.44. The topological polar surface area (TPSA) is 43.1 Å². The number of thiophene rings is 1. The standard InChI is InChI=1S/C13H19NOS2/c1-4-16-12-11-8(10(7-14)17-12)5-13(2,3)6-9(11)15/h4-7,14H2,1-3H3. The molecule has 0 amide bonds. The van der Waals surface area contributed by atoms with Gasteiger partial charge < -0.3 is 5.73 Å². The number of ketones is 1. The van der Waals surface area contributed by atoms with E-state index in [-0.39, 0.29) is 5.41 Å². The Labute approximate surface area is 111 Å². The van der Waals surface area contributed by atoms with Gasteiger partial charge >= 0.3 is 0 Å². The highest BCUT2D eigenvalue weighted by Gasteiger charge is 2.35. The molecule has 1 aliphatic rings. The normalized spacial score (nSPS) is 18.2. The second-order valence-electron chi connectivity index (χ2n) is 5.24. The third-order valence-electron chi connectivity index (χ3n) is 3.09. The number of fused-ring (bicyclic) bond motifs is 1. The minimum atomic E-state index is 0.0865. The minimum Gasteiger partial charge on any atom is -0.326 e. The van der Waals surface area contributed by atoms with Gasteiger partial charge in [-0.3, -0.25) is 4.79 Å². The maximum atomic E-state index is 12.3. The second-order valence-corrected chi connectivity index (χ2v) is 7.88. The van der Waals surface area contributed by atoms with E-state index in [9.17, 15) is 4.79 Å². The average molecular weight is 269 g/mol. The van der Waals surface area contributed by atoms with E-state index >= 15 is 0 Å². The quantitative estimate of drug-likeness (QED) is 0.854. The van der Waals surface area contributed by atoms with Gasteiger partial charge in [0, 0.05) is 23.4 Å². The van der Waals surface area contributed by atoms with Crippen molar-refractivity contribution in [1.29, 1.82) is 0 Å². The van der Waals surface area contributed by atoms with E-state index in [0.29, 0.717) is 18.7 Å². The minimum absolute atomic E-state index is 0.0865. The molecule has 0 aromatic carbocycles. The van der Waals surface area contributed by atoms with Crippen LogP contribution >= 0.6 is 23.1 Å². The molecule has 1 heterocycles. The lowest BCUT2D eigenvalue weighted by Gasteiger charge is -2.29. The van der Waals surface area contributed by atoms with Crippen LogP contribution in [-0.2, 0) is 13.0 Å². The van der Waals surface area contributed by atoms with Crippen LogP contribution in [0, 0.1) is 5.41 Å². The molecule has 17 heavy (non-hydrogen) atoms. The number of thioether (sulfide) groups is 1. The second kappa shape index (κ2) is 4.75. The molecule has 0 fully saturated rings. The lowest BCUT2D eigenvalue weighted by atomic mass is 9.74. The van der Waals surface area contributed by atoms with Crippen molar-refractivity contribution in [2.75, 3.05) is 5.75 Å². The number of carbonyl (C=O) groups is 1. The van der Waals surface area contributed by atoms with Gasteiger partial charge in [-0.05, 0) is 23.2 Å². The molecule has 1 aliphatic carbocycles. The first-order valence-corrected chi connectivity index (χ1v) is 7.79. The molecule has 2 rings (SSSR count). The molecular formula is C13H19NOS2. The summed E-state index contributed by atoms with van der Waals surface area (Å²) in [6, 6.07) is 0. The zero-order chi connectivity index (χ0) is 12.6. The molecular weight excluding hydrogens is 250 g/mol. The van der Waals surface area contributed by atoms with Crippen molar-refractivity contribution in [2.24, 2.45) is 11.1 Å².